The summed E-state index contributed by atoms with van der Waals surface area (Å²) in [5.41, 5.74) is 1.06. The first-order valence-electron chi connectivity index (χ1n) is 3.62. The molecule has 0 amide bonds. The topological polar surface area (TPSA) is 0 Å². The predicted octanol–water partition coefficient (Wildman–Crippen LogP) is 1.63. The SMILES string of the molecule is C#Cc1ccccc1[Si](C)C. The van der Waals surface area contributed by atoms with E-state index < -0.39 is 8.80 Å². The lowest BCUT2D eigenvalue weighted by Gasteiger charge is -2.05. The summed E-state index contributed by atoms with van der Waals surface area (Å²) in [5, 5.41) is 1.36. The number of hydrogen-bond donors (Lipinski definition) is 0. The molecule has 0 heterocycles. The molecule has 0 fully saturated rings. The van der Waals surface area contributed by atoms with Crippen molar-refractivity contribution in [3.63, 3.8) is 0 Å². The van der Waals surface area contributed by atoms with Gasteiger partial charge in [0.1, 0.15) is 0 Å². The van der Waals surface area contributed by atoms with Crippen molar-refractivity contribution in [3.05, 3.63) is 29.8 Å². The first-order chi connectivity index (χ1) is 5.25. The van der Waals surface area contributed by atoms with Crippen LogP contribution in [0.1, 0.15) is 5.56 Å². The monoisotopic (exact) mass is 159 g/mol. The van der Waals surface area contributed by atoms with E-state index in [1.54, 1.807) is 0 Å². The minimum Gasteiger partial charge on any atom is -0.115 e. The van der Waals surface area contributed by atoms with Gasteiger partial charge in [-0.1, -0.05) is 37.2 Å². The highest BCUT2D eigenvalue weighted by atomic mass is 28.3. The van der Waals surface area contributed by atoms with Crippen LogP contribution in [0.25, 0.3) is 0 Å². The Bertz CT molecular complexity index is 281. The van der Waals surface area contributed by atoms with Gasteiger partial charge in [0.2, 0.25) is 0 Å². The van der Waals surface area contributed by atoms with Gasteiger partial charge in [0.25, 0.3) is 0 Å². The van der Waals surface area contributed by atoms with Gasteiger partial charge < -0.3 is 0 Å². The molecule has 1 aromatic carbocycles. The zero-order valence-electron chi connectivity index (χ0n) is 6.89. The van der Waals surface area contributed by atoms with Crippen LogP contribution in [0.15, 0.2) is 24.3 Å². The Hall–Kier alpha value is -1.00. The van der Waals surface area contributed by atoms with E-state index in [1.807, 2.05) is 18.2 Å². The second-order valence-electron chi connectivity index (χ2n) is 2.69. The summed E-state index contributed by atoms with van der Waals surface area (Å²) in [6.07, 6.45) is 5.35. The summed E-state index contributed by atoms with van der Waals surface area (Å²) in [6, 6.07) is 8.17. The summed E-state index contributed by atoms with van der Waals surface area (Å²) in [5.74, 6) is 2.70. The molecule has 0 spiro atoms. The first-order valence-corrected chi connectivity index (χ1v) is 6.12. The summed E-state index contributed by atoms with van der Waals surface area (Å²) < 4.78 is 0. The molecular formula is C10H11Si. The molecule has 0 saturated carbocycles. The maximum absolute atomic E-state index is 5.35. The molecule has 1 aromatic rings. The van der Waals surface area contributed by atoms with Crippen LogP contribution in [0.4, 0.5) is 0 Å². The molecule has 1 rings (SSSR count). The summed E-state index contributed by atoms with van der Waals surface area (Å²) in [7, 11) is -0.397. The Kier molecular flexibility index (Phi) is 2.51. The minimum atomic E-state index is -0.397. The molecule has 0 unspecified atom stereocenters. The van der Waals surface area contributed by atoms with Gasteiger partial charge in [-0.2, -0.15) is 0 Å². The van der Waals surface area contributed by atoms with Crippen molar-refractivity contribution in [1.29, 1.82) is 0 Å². The van der Waals surface area contributed by atoms with Crippen LogP contribution in [0.5, 0.6) is 0 Å². The number of benzene rings is 1. The number of terminal acetylenes is 1. The largest absolute Gasteiger partial charge is 0.115 e. The smallest absolute Gasteiger partial charge is 0.0808 e. The third-order valence-corrected chi connectivity index (χ3v) is 3.13. The predicted molar refractivity (Wildman–Crippen MR) is 51.5 cm³/mol. The Morgan fingerprint density at radius 3 is 2.36 bits per heavy atom. The molecule has 0 nitrogen and oxygen atoms in total. The number of rotatable bonds is 1. The fourth-order valence-electron chi connectivity index (χ4n) is 1.04. The third-order valence-electron chi connectivity index (χ3n) is 1.62. The molecule has 0 saturated heterocycles. The molecule has 0 bridgehead atoms. The van der Waals surface area contributed by atoms with E-state index in [0.717, 1.165) is 5.56 Å². The number of hydrogen-bond acceptors (Lipinski definition) is 0. The van der Waals surface area contributed by atoms with E-state index in [1.165, 1.54) is 5.19 Å². The van der Waals surface area contributed by atoms with E-state index in [0.29, 0.717) is 0 Å². The lowest BCUT2D eigenvalue weighted by atomic mass is 10.2. The molecule has 55 valence electrons. The van der Waals surface area contributed by atoms with Crippen LogP contribution < -0.4 is 5.19 Å². The van der Waals surface area contributed by atoms with E-state index in [4.69, 9.17) is 6.42 Å². The lowest BCUT2D eigenvalue weighted by molar-refractivity contribution is 1.68. The minimum absolute atomic E-state index is 0.397. The van der Waals surface area contributed by atoms with Gasteiger partial charge in [-0.05, 0) is 11.3 Å². The zero-order chi connectivity index (χ0) is 8.27. The molecule has 0 atom stereocenters. The van der Waals surface area contributed by atoms with Crippen molar-refractivity contribution < 1.29 is 0 Å². The van der Waals surface area contributed by atoms with E-state index >= 15 is 0 Å². The Morgan fingerprint density at radius 2 is 1.91 bits per heavy atom. The third kappa shape index (κ3) is 1.72. The van der Waals surface area contributed by atoms with Gasteiger partial charge in [-0.3, -0.25) is 0 Å². The molecule has 0 aromatic heterocycles. The Labute approximate surface area is 69.9 Å². The molecule has 0 N–H and O–H groups in total. The Balaban J connectivity index is 3.15. The van der Waals surface area contributed by atoms with Gasteiger partial charge in [-0.15, -0.1) is 6.42 Å². The maximum atomic E-state index is 5.35. The molecule has 0 aliphatic heterocycles. The van der Waals surface area contributed by atoms with Gasteiger partial charge in [0.15, 0.2) is 0 Å². The first kappa shape index (κ1) is 8.10. The summed E-state index contributed by atoms with van der Waals surface area (Å²) >= 11 is 0. The van der Waals surface area contributed by atoms with Crippen molar-refractivity contribution in [1.82, 2.24) is 0 Å². The zero-order valence-corrected chi connectivity index (χ0v) is 7.89. The van der Waals surface area contributed by atoms with Gasteiger partial charge in [0.05, 0.1) is 8.80 Å². The average Bonchev–Trinajstić information content (AvgIpc) is 2.04. The average molecular weight is 159 g/mol. The van der Waals surface area contributed by atoms with E-state index in [2.05, 4.69) is 25.1 Å². The highest BCUT2D eigenvalue weighted by molar-refractivity contribution is 6.71. The standard InChI is InChI=1S/C10H11Si/c1-4-9-7-5-6-8-10(9)11(2)3/h1,5-8H,2-3H3. The van der Waals surface area contributed by atoms with Gasteiger partial charge >= 0.3 is 0 Å². The van der Waals surface area contributed by atoms with E-state index in [-0.39, 0.29) is 0 Å². The van der Waals surface area contributed by atoms with Crippen LogP contribution in [0, 0.1) is 12.3 Å². The van der Waals surface area contributed by atoms with Crippen molar-refractivity contribution >= 4 is 14.0 Å². The second-order valence-corrected chi connectivity index (χ2v) is 5.23. The highest BCUT2D eigenvalue weighted by Gasteiger charge is 2.03. The van der Waals surface area contributed by atoms with Crippen molar-refractivity contribution in [3.8, 4) is 12.3 Å². The quantitative estimate of drug-likeness (QED) is 0.431. The normalized spacial score (nSPS) is 9.64. The van der Waals surface area contributed by atoms with E-state index in [9.17, 15) is 0 Å². The highest BCUT2D eigenvalue weighted by Crippen LogP contribution is 1.95. The van der Waals surface area contributed by atoms with Crippen molar-refractivity contribution in [2.24, 2.45) is 0 Å². The van der Waals surface area contributed by atoms with Crippen LogP contribution in [0.2, 0.25) is 13.1 Å². The fourth-order valence-corrected chi connectivity index (χ4v) is 2.17. The summed E-state index contributed by atoms with van der Waals surface area (Å²) in [4.78, 5) is 0. The van der Waals surface area contributed by atoms with Crippen molar-refractivity contribution in [2.45, 2.75) is 13.1 Å². The van der Waals surface area contributed by atoms with Crippen LogP contribution in [-0.2, 0) is 0 Å². The van der Waals surface area contributed by atoms with Crippen LogP contribution in [0.3, 0.4) is 0 Å². The second kappa shape index (κ2) is 3.41. The molecule has 11 heavy (non-hydrogen) atoms. The van der Waals surface area contributed by atoms with Gasteiger partial charge in [0, 0.05) is 5.56 Å². The molecule has 0 aliphatic carbocycles. The summed E-state index contributed by atoms with van der Waals surface area (Å²) in [6.45, 7) is 4.50. The van der Waals surface area contributed by atoms with Crippen LogP contribution >= 0.6 is 0 Å². The molecular weight excluding hydrogens is 148 g/mol. The van der Waals surface area contributed by atoms with Crippen molar-refractivity contribution in [2.75, 3.05) is 0 Å². The molecule has 1 heteroatoms. The fraction of sp³-hybridized carbons (Fsp3) is 0.200. The lowest BCUT2D eigenvalue weighted by Crippen LogP contribution is -2.25. The molecule has 1 radical (unpaired) electrons. The van der Waals surface area contributed by atoms with Crippen LogP contribution in [-0.4, -0.2) is 8.80 Å². The Morgan fingerprint density at radius 1 is 1.27 bits per heavy atom. The molecule has 0 aliphatic rings. The van der Waals surface area contributed by atoms with Gasteiger partial charge in [-0.25, -0.2) is 0 Å². The maximum Gasteiger partial charge on any atom is 0.0808 e.